The Labute approximate surface area is 152 Å². The number of Topliss-reactive ketones (excluding diaryl/α,β-unsaturated/α-hetero) is 1. The molecule has 0 aromatic heterocycles. The predicted molar refractivity (Wildman–Crippen MR) is 91.4 cm³/mol. The van der Waals surface area contributed by atoms with E-state index in [0.29, 0.717) is 31.7 Å². The first-order valence-corrected chi connectivity index (χ1v) is 8.95. The molecule has 1 heterocycles. The number of hydrogen-bond acceptors (Lipinski definition) is 5. The molecular formula is C17H26N4O5. The van der Waals surface area contributed by atoms with Crippen molar-refractivity contribution < 1.29 is 24.0 Å². The lowest BCUT2D eigenvalue weighted by Crippen LogP contribution is -2.55. The van der Waals surface area contributed by atoms with Crippen LogP contribution in [0.3, 0.4) is 0 Å². The van der Waals surface area contributed by atoms with Crippen molar-refractivity contribution in [2.75, 3.05) is 13.1 Å². The van der Waals surface area contributed by atoms with E-state index in [9.17, 15) is 24.0 Å². The van der Waals surface area contributed by atoms with E-state index in [1.54, 1.807) is 0 Å². The average Bonchev–Trinajstić information content (AvgIpc) is 2.95. The largest absolute Gasteiger partial charge is 0.363 e. The molecule has 9 nitrogen and oxygen atoms in total. The van der Waals surface area contributed by atoms with E-state index in [1.165, 1.54) is 4.90 Å². The zero-order chi connectivity index (χ0) is 19.3. The van der Waals surface area contributed by atoms with Crippen molar-refractivity contribution in [2.24, 2.45) is 17.6 Å². The summed E-state index contributed by atoms with van der Waals surface area (Å²) in [7, 11) is 0. The van der Waals surface area contributed by atoms with Gasteiger partial charge < -0.3 is 21.3 Å². The van der Waals surface area contributed by atoms with Gasteiger partial charge in [0.2, 0.25) is 24.0 Å². The summed E-state index contributed by atoms with van der Waals surface area (Å²) in [6, 6.07) is -1.69. The van der Waals surface area contributed by atoms with E-state index in [-0.39, 0.29) is 18.4 Å². The molecule has 0 radical (unpaired) electrons. The first-order valence-electron chi connectivity index (χ1n) is 8.95. The number of carbonyl (C=O) groups excluding carboxylic acids is 5. The number of rotatable bonds is 9. The van der Waals surface area contributed by atoms with Crippen molar-refractivity contribution in [1.82, 2.24) is 15.5 Å². The number of nitrogens with two attached hydrogens (primary N) is 1. The number of amides is 4. The van der Waals surface area contributed by atoms with Crippen molar-refractivity contribution in [3.05, 3.63) is 0 Å². The molecule has 4 N–H and O–H groups in total. The Morgan fingerprint density at radius 1 is 1.23 bits per heavy atom. The fourth-order valence-electron chi connectivity index (χ4n) is 3.58. The van der Waals surface area contributed by atoms with E-state index in [2.05, 4.69) is 10.6 Å². The van der Waals surface area contributed by atoms with E-state index in [1.807, 2.05) is 6.92 Å². The van der Waals surface area contributed by atoms with E-state index in [4.69, 9.17) is 5.73 Å². The van der Waals surface area contributed by atoms with Gasteiger partial charge in [-0.2, -0.15) is 0 Å². The van der Waals surface area contributed by atoms with Gasteiger partial charge in [0.25, 0.3) is 5.91 Å². The number of ketones is 1. The zero-order valence-corrected chi connectivity index (χ0v) is 14.9. The highest BCUT2D eigenvalue weighted by Gasteiger charge is 2.41. The smallest absolute Gasteiger partial charge is 0.287 e. The molecule has 0 aromatic rings. The maximum absolute atomic E-state index is 12.8. The van der Waals surface area contributed by atoms with Crippen LogP contribution in [0.5, 0.6) is 0 Å². The Kier molecular flexibility index (Phi) is 6.70. The van der Waals surface area contributed by atoms with Crippen LogP contribution in [0.2, 0.25) is 0 Å². The summed E-state index contributed by atoms with van der Waals surface area (Å²) in [4.78, 5) is 60.2. The zero-order valence-electron chi connectivity index (χ0n) is 14.9. The number of primary amides is 1. The summed E-state index contributed by atoms with van der Waals surface area (Å²) < 4.78 is 0. The van der Waals surface area contributed by atoms with E-state index < -0.39 is 29.7 Å². The van der Waals surface area contributed by atoms with E-state index >= 15 is 0 Å². The minimum absolute atomic E-state index is 0.0942. The molecule has 144 valence electrons. The Morgan fingerprint density at radius 3 is 2.46 bits per heavy atom. The molecule has 0 spiro atoms. The standard InChI is InChI=1S/C17H26N4O5/c1-10-5-6-21(13(23)8-19-9-22)14(10)17(26)20-12(15(24)16(18)25)7-11-3-2-4-11/h9-12,14H,2-8H2,1H3,(H2,18,25)(H,19,22)(H,20,26). The summed E-state index contributed by atoms with van der Waals surface area (Å²) in [5.74, 6) is -2.51. The SMILES string of the molecule is CC1CCN(C(=O)CNC=O)C1C(=O)NC(CC1CCC1)C(=O)C(N)=O. The number of likely N-dealkylation sites (tertiary alicyclic amines) is 1. The summed E-state index contributed by atoms with van der Waals surface area (Å²) >= 11 is 0. The van der Waals surface area contributed by atoms with Crippen molar-refractivity contribution in [3.63, 3.8) is 0 Å². The molecular weight excluding hydrogens is 340 g/mol. The minimum atomic E-state index is -1.07. The molecule has 0 aromatic carbocycles. The van der Waals surface area contributed by atoms with Crippen LogP contribution in [-0.4, -0.2) is 60.0 Å². The fourth-order valence-corrected chi connectivity index (χ4v) is 3.58. The van der Waals surface area contributed by atoms with Crippen molar-refractivity contribution in [1.29, 1.82) is 0 Å². The molecule has 9 heteroatoms. The lowest BCUT2D eigenvalue weighted by Gasteiger charge is -2.31. The van der Waals surface area contributed by atoms with Crippen molar-refractivity contribution in [2.45, 2.75) is 51.1 Å². The van der Waals surface area contributed by atoms with Crippen LogP contribution in [-0.2, 0) is 24.0 Å². The second-order valence-electron chi connectivity index (χ2n) is 7.12. The van der Waals surface area contributed by atoms with Gasteiger partial charge in [-0.25, -0.2) is 0 Å². The molecule has 4 amide bonds. The van der Waals surface area contributed by atoms with Crippen LogP contribution >= 0.6 is 0 Å². The highest BCUT2D eigenvalue weighted by Crippen LogP contribution is 2.31. The van der Waals surface area contributed by atoms with Crippen molar-refractivity contribution in [3.8, 4) is 0 Å². The highest BCUT2D eigenvalue weighted by molar-refractivity contribution is 6.37. The first-order chi connectivity index (χ1) is 12.3. The van der Waals surface area contributed by atoms with Crippen LogP contribution in [0.25, 0.3) is 0 Å². The van der Waals surface area contributed by atoms with Crippen LogP contribution < -0.4 is 16.4 Å². The van der Waals surface area contributed by atoms with Gasteiger partial charge in [0.15, 0.2) is 0 Å². The van der Waals surface area contributed by atoms with E-state index in [0.717, 1.165) is 19.3 Å². The number of nitrogens with one attached hydrogen (secondary N) is 2. The minimum Gasteiger partial charge on any atom is -0.363 e. The second-order valence-corrected chi connectivity index (χ2v) is 7.12. The Hall–Kier alpha value is -2.45. The number of hydrogen-bond donors (Lipinski definition) is 3. The van der Waals surface area contributed by atoms with Gasteiger partial charge in [0.05, 0.1) is 12.6 Å². The normalized spacial score (nSPS) is 23.7. The molecule has 26 heavy (non-hydrogen) atoms. The molecule has 2 aliphatic rings. The number of carbonyl (C=O) groups is 5. The lowest BCUT2D eigenvalue weighted by atomic mass is 9.80. The van der Waals surface area contributed by atoms with Gasteiger partial charge in [-0.15, -0.1) is 0 Å². The monoisotopic (exact) mass is 366 g/mol. The third kappa shape index (κ3) is 4.59. The Morgan fingerprint density at radius 2 is 1.92 bits per heavy atom. The van der Waals surface area contributed by atoms with Gasteiger partial charge in [-0.3, -0.25) is 24.0 Å². The van der Waals surface area contributed by atoms with Gasteiger partial charge >= 0.3 is 0 Å². The van der Waals surface area contributed by atoms with Crippen LogP contribution in [0, 0.1) is 11.8 Å². The van der Waals surface area contributed by atoms with Crippen LogP contribution in [0.15, 0.2) is 0 Å². The predicted octanol–water partition coefficient (Wildman–Crippen LogP) is -1.30. The average molecular weight is 366 g/mol. The molecule has 2 fully saturated rings. The second kappa shape index (κ2) is 8.77. The maximum atomic E-state index is 12.8. The topological polar surface area (TPSA) is 139 Å². The summed E-state index contributed by atoms with van der Waals surface area (Å²) in [6.07, 6.45) is 4.44. The molecule has 2 rings (SSSR count). The quantitative estimate of drug-likeness (QED) is 0.344. The Bertz CT molecular complexity index is 590. The maximum Gasteiger partial charge on any atom is 0.287 e. The van der Waals surface area contributed by atoms with Gasteiger partial charge in [0.1, 0.15) is 6.04 Å². The summed E-state index contributed by atoms with van der Waals surface area (Å²) in [5, 5.41) is 4.93. The van der Waals surface area contributed by atoms with Gasteiger partial charge in [0, 0.05) is 6.54 Å². The van der Waals surface area contributed by atoms with Crippen LogP contribution in [0.1, 0.15) is 39.0 Å². The van der Waals surface area contributed by atoms with Crippen molar-refractivity contribution >= 4 is 29.9 Å². The first kappa shape index (κ1) is 19.9. The van der Waals surface area contributed by atoms with Crippen LogP contribution in [0.4, 0.5) is 0 Å². The molecule has 1 aliphatic carbocycles. The fraction of sp³-hybridized carbons (Fsp3) is 0.706. The third-order valence-electron chi connectivity index (χ3n) is 5.30. The highest BCUT2D eigenvalue weighted by atomic mass is 16.2. The summed E-state index contributed by atoms with van der Waals surface area (Å²) in [6.45, 7) is 2.06. The molecule has 1 aliphatic heterocycles. The lowest BCUT2D eigenvalue weighted by molar-refractivity contribution is -0.142. The number of nitrogens with zero attached hydrogens (tertiary/aromatic N) is 1. The summed E-state index contributed by atoms with van der Waals surface area (Å²) in [5.41, 5.74) is 5.11. The molecule has 1 saturated carbocycles. The molecule has 0 bridgehead atoms. The molecule has 3 atom stereocenters. The van der Waals surface area contributed by atoms with Gasteiger partial charge in [-0.05, 0) is 24.7 Å². The molecule has 1 saturated heterocycles. The third-order valence-corrected chi connectivity index (χ3v) is 5.30. The molecule has 3 unspecified atom stereocenters. The van der Waals surface area contributed by atoms with Gasteiger partial charge in [-0.1, -0.05) is 26.2 Å². The Balaban J connectivity index is 2.06.